The molecule has 17 heavy (non-hydrogen) atoms. The summed E-state index contributed by atoms with van der Waals surface area (Å²) >= 11 is 0. The van der Waals surface area contributed by atoms with Crippen molar-refractivity contribution >= 4 is 0 Å². The van der Waals surface area contributed by atoms with Crippen molar-refractivity contribution in [3.8, 4) is 6.07 Å². The molecule has 5 heteroatoms. The second-order valence-electron chi connectivity index (χ2n) is 3.77. The van der Waals surface area contributed by atoms with Crippen LogP contribution in [-0.2, 0) is 6.54 Å². The van der Waals surface area contributed by atoms with Crippen LogP contribution in [-0.4, -0.2) is 15.2 Å². The van der Waals surface area contributed by atoms with Gasteiger partial charge in [-0.15, -0.1) is 0 Å². The number of benzene rings is 1. The third-order valence-electron chi connectivity index (χ3n) is 2.58. The maximum Gasteiger partial charge on any atom is 0.138 e. The molecule has 2 rings (SSSR count). The predicted molar refractivity (Wildman–Crippen MR) is 62.8 cm³/mol. The third kappa shape index (κ3) is 2.89. The van der Waals surface area contributed by atoms with Crippen LogP contribution in [0, 0.1) is 11.3 Å². The highest BCUT2D eigenvalue weighted by Gasteiger charge is 2.05. The van der Waals surface area contributed by atoms with E-state index in [0.29, 0.717) is 12.1 Å². The van der Waals surface area contributed by atoms with E-state index in [4.69, 9.17) is 5.26 Å². The maximum absolute atomic E-state index is 8.71. The summed E-state index contributed by atoms with van der Waals surface area (Å²) in [6.45, 7) is 2.71. The molecule has 0 bridgehead atoms. The Hall–Kier alpha value is -2.19. The number of nitrogens with one attached hydrogen (secondary N) is 2. The van der Waals surface area contributed by atoms with Crippen LogP contribution in [0.4, 0.5) is 0 Å². The molecule has 0 radical (unpaired) electrons. The van der Waals surface area contributed by atoms with Gasteiger partial charge in [0.05, 0.1) is 18.2 Å². The summed E-state index contributed by atoms with van der Waals surface area (Å²) in [5, 5.41) is 18.6. The van der Waals surface area contributed by atoms with Crippen molar-refractivity contribution in [3.63, 3.8) is 0 Å². The summed E-state index contributed by atoms with van der Waals surface area (Å²) < 4.78 is 0. The van der Waals surface area contributed by atoms with E-state index in [-0.39, 0.29) is 6.04 Å². The number of nitrogens with zero attached hydrogens (tertiary/aromatic N) is 3. The lowest BCUT2D eigenvalue weighted by Gasteiger charge is -2.12. The largest absolute Gasteiger partial charge is 0.303 e. The number of rotatable bonds is 4. The first-order valence-corrected chi connectivity index (χ1v) is 5.37. The molecule has 1 unspecified atom stereocenters. The molecular weight excluding hydrogens is 214 g/mol. The highest BCUT2D eigenvalue weighted by atomic mass is 15.2. The number of aromatic amines is 1. The zero-order chi connectivity index (χ0) is 12.1. The Morgan fingerprint density at radius 1 is 1.41 bits per heavy atom. The van der Waals surface area contributed by atoms with Crippen LogP contribution in [0.3, 0.4) is 0 Å². The Morgan fingerprint density at radius 3 is 2.76 bits per heavy atom. The van der Waals surface area contributed by atoms with E-state index in [9.17, 15) is 0 Å². The van der Waals surface area contributed by atoms with Gasteiger partial charge in [-0.3, -0.25) is 5.10 Å². The zero-order valence-corrected chi connectivity index (χ0v) is 9.51. The lowest BCUT2D eigenvalue weighted by molar-refractivity contribution is 0.560. The number of nitriles is 1. The van der Waals surface area contributed by atoms with Gasteiger partial charge in [0.25, 0.3) is 0 Å². The predicted octanol–water partition coefficient (Wildman–Crippen LogP) is 1.53. The Balaban J connectivity index is 1.95. The summed E-state index contributed by atoms with van der Waals surface area (Å²) in [5.74, 6) is 0.811. The van der Waals surface area contributed by atoms with Gasteiger partial charge in [-0.2, -0.15) is 10.4 Å². The Morgan fingerprint density at radius 2 is 2.18 bits per heavy atom. The lowest BCUT2D eigenvalue weighted by Crippen LogP contribution is -2.18. The molecule has 86 valence electrons. The van der Waals surface area contributed by atoms with E-state index in [1.54, 1.807) is 0 Å². The maximum atomic E-state index is 8.71. The molecule has 0 saturated carbocycles. The molecule has 1 aromatic carbocycles. The fourth-order valence-corrected chi connectivity index (χ4v) is 1.53. The van der Waals surface area contributed by atoms with E-state index < -0.39 is 0 Å². The number of aromatic nitrogens is 3. The van der Waals surface area contributed by atoms with Crippen molar-refractivity contribution in [2.45, 2.75) is 19.5 Å². The molecule has 0 aliphatic rings. The van der Waals surface area contributed by atoms with Gasteiger partial charge in [0, 0.05) is 6.04 Å². The first-order valence-electron chi connectivity index (χ1n) is 5.37. The SMILES string of the molecule is CC(NCc1ncn[nH]1)c1ccc(C#N)cc1. The molecule has 1 heterocycles. The monoisotopic (exact) mass is 227 g/mol. The number of hydrogen-bond acceptors (Lipinski definition) is 4. The molecule has 0 aliphatic carbocycles. The molecule has 5 nitrogen and oxygen atoms in total. The average Bonchev–Trinajstić information content (AvgIpc) is 2.89. The average molecular weight is 227 g/mol. The minimum atomic E-state index is 0.202. The molecule has 1 aromatic heterocycles. The lowest BCUT2D eigenvalue weighted by atomic mass is 10.1. The van der Waals surface area contributed by atoms with Gasteiger partial charge in [-0.1, -0.05) is 12.1 Å². The summed E-state index contributed by atoms with van der Waals surface area (Å²) in [7, 11) is 0. The van der Waals surface area contributed by atoms with Gasteiger partial charge in [0.1, 0.15) is 12.2 Å². The smallest absolute Gasteiger partial charge is 0.138 e. The summed E-state index contributed by atoms with van der Waals surface area (Å²) in [5.41, 5.74) is 1.82. The Bertz CT molecular complexity index is 495. The second-order valence-corrected chi connectivity index (χ2v) is 3.77. The van der Waals surface area contributed by atoms with E-state index >= 15 is 0 Å². The zero-order valence-electron chi connectivity index (χ0n) is 9.51. The summed E-state index contributed by atoms with van der Waals surface area (Å²) in [6.07, 6.45) is 1.49. The van der Waals surface area contributed by atoms with Crippen LogP contribution < -0.4 is 5.32 Å². The quantitative estimate of drug-likeness (QED) is 0.830. The first kappa shape index (κ1) is 11.3. The minimum absolute atomic E-state index is 0.202. The van der Waals surface area contributed by atoms with Crippen LogP contribution >= 0.6 is 0 Å². The van der Waals surface area contributed by atoms with Crippen molar-refractivity contribution in [2.24, 2.45) is 0 Å². The summed E-state index contributed by atoms with van der Waals surface area (Å²) in [4.78, 5) is 4.04. The fraction of sp³-hybridized carbons (Fsp3) is 0.250. The van der Waals surface area contributed by atoms with Gasteiger partial charge in [0.15, 0.2) is 0 Å². The van der Waals surface area contributed by atoms with Crippen molar-refractivity contribution in [1.29, 1.82) is 5.26 Å². The van der Waals surface area contributed by atoms with Crippen LogP contribution in [0.25, 0.3) is 0 Å². The number of hydrogen-bond donors (Lipinski definition) is 2. The fourth-order valence-electron chi connectivity index (χ4n) is 1.53. The first-order chi connectivity index (χ1) is 8.29. The molecule has 2 aromatic rings. The van der Waals surface area contributed by atoms with Crippen molar-refractivity contribution < 1.29 is 0 Å². The van der Waals surface area contributed by atoms with E-state index in [0.717, 1.165) is 11.4 Å². The Kier molecular flexibility index (Phi) is 3.48. The van der Waals surface area contributed by atoms with E-state index in [2.05, 4.69) is 33.5 Å². The normalized spacial score (nSPS) is 12.0. The van der Waals surface area contributed by atoms with Gasteiger partial charge in [-0.25, -0.2) is 4.98 Å². The van der Waals surface area contributed by atoms with E-state index in [1.807, 2.05) is 24.3 Å². The highest BCUT2D eigenvalue weighted by Crippen LogP contribution is 2.13. The molecule has 0 saturated heterocycles. The van der Waals surface area contributed by atoms with Crippen LogP contribution in [0.5, 0.6) is 0 Å². The van der Waals surface area contributed by atoms with Crippen molar-refractivity contribution in [2.75, 3.05) is 0 Å². The molecule has 0 spiro atoms. The van der Waals surface area contributed by atoms with Gasteiger partial charge < -0.3 is 5.32 Å². The van der Waals surface area contributed by atoms with Crippen LogP contribution in [0.15, 0.2) is 30.6 Å². The Labute approximate surface area is 99.5 Å². The van der Waals surface area contributed by atoms with Gasteiger partial charge in [-0.05, 0) is 24.6 Å². The minimum Gasteiger partial charge on any atom is -0.303 e. The third-order valence-corrected chi connectivity index (χ3v) is 2.58. The van der Waals surface area contributed by atoms with Crippen molar-refractivity contribution in [1.82, 2.24) is 20.5 Å². The molecule has 2 N–H and O–H groups in total. The molecular formula is C12H13N5. The molecule has 0 amide bonds. The molecule has 1 atom stereocenters. The topological polar surface area (TPSA) is 77.4 Å². The number of H-pyrrole nitrogens is 1. The highest BCUT2D eigenvalue weighted by molar-refractivity contribution is 5.32. The standard InChI is InChI=1S/C12H13N5/c1-9(14-7-12-15-8-16-17-12)11-4-2-10(6-13)3-5-11/h2-5,8-9,14H,7H2,1H3,(H,15,16,17). The van der Waals surface area contributed by atoms with E-state index in [1.165, 1.54) is 6.33 Å². The van der Waals surface area contributed by atoms with Gasteiger partial charge >= 0.3 is 0 Å². The van der Waals surface area contributed by atoms with Gasteiger partial charge in [0.2, 0.25) is 0 Å². The molecule has 0 fully saturated rings. The van der Waals surface area contributed by atoms with Crippen LogP contribution in [0.1, 0.15) is 29.9 Å². The van der Waals surface area contributed by atoms with Crippen molar-refractivity contribution in [3.05, 3.63) is 47.5 Å². The second kappa shape index (κ2) is 5.23. The van der Waals surface area contributed by atoms with Crippen LogP contribution in [0.2, 0.25) is 0 Å². The molecule has 0 aliphatic heterocycles. The summed E-state index contributed by atoms with van der Waals surface area (Å²) in [6, 6.07) is 9.86.